The summed E-state index contributed by atoms with van der Waals surface area (Å²) in [6, 6.07) is 8.55. The highest BCUT2D eigenvalue weighted by atomic mass is 32.2. The van der Waals surface area contributed by atoms with E-state index < -0.39 is 11.3 Å². The first-order chi connectivity index (χ1) is 11.1. The summed E-state index contributed by atoms with van der Waals surface area (Å²) in [6.45, 7) is 0. The molecule has 0 spiro atoms. The van der Waals surface area contributed by atoms with Crippen LogP contribution in [-0.4, -0.2) is 28.3 Å². The molecule has 1 aromatic carbocycles. The summed E-state index contributed by atoms with van der Waals surface area (Å²) in [4.78, 5) is 12.7. The average Bonchev–Trinajstić information content (AvgIpc) is 2.95. The molecular weight excluding hydrogens is 316 g/mol. The molecule has 3 aromatic rings. The number of hydrogen-bond acceptors (Lipinski definition) is 6. The Kier molecular flexibility index (Phi) is 4.31. The number of imidazole rings is 1. The van der Waals surface area contributed by atoms with Crippen LogP contribution in [0, 0.1) is 0 Å². The van der Waals surface area contributed by atoms with Crippen LogP contribution in [0.15, 0.2) is 49.1 Å². The summed E-state index contributed by atoms with van der Waals surface area (Å²) in [5.74, 6) is 0.441. The zero-order valence-corrected chi connectivity index (χ0v) is 12.9. The van der Waals surface area contributed by atoms with Crippen molar-refractivity contribution in [1.29, 1.82) is 0 Å². The average molecular weight is 329 g/mol. The number of anilines is 3. The van der Waals surface area contributed by atoms with Crippen molar-refractivity contribution in [2.24, 2.45) is 7.05 Å². The molecule has 0 aliphatic carbocycles. The van der Waals surface area contributed by atoms with E-state index in [2.05, 4.69) is 25.0 Å². The predicted octanol–water partition coefficient (Wildman–Crippen LogP) is 1.83. The molecule has 0 amide bonds. The third kappa shape index (κ3) is 3.71. The summed E-state index contributed by atoms with van der Waals surface area (Å²) in [6.07, 6.45) is 5.10. The Labute approximate surface area is 135 Å². The first kappa shape index (κ1) is 15.1. The summed E-state index contributed by atoms with van der Waals surface area (Å²) < 4.78 is 25.3. The Bertz CT molecular complexity index is 833. The van der Waals surface area contributed by atoms with E-state index in [0.29, 0.717) is 11.6 Å². The lowest BCUT2D eigenvalue weighted by atomic mass is 10.3. The number of aromatic nitrogens is 4. The van der Waals surface area contributed by atoms with Crippen molar-refractivity contribution in [3.8, 4) is 11.4 Å². The normalized spacial score (nSPS) is 11.9. The standard InChI is InChI=1S/C14H14N6O2S/c1-20-9-15-8-13(20)12-6-7-16-14(18-12)17-10-2-4-11(5-3-10)19-23(21)22/h2-9,19H,1H3,(H,21,22)(H,16,17,18)/p-1. The van der Waals surface area contributed by atoms with Crippen molar-refractivity contribution >= 4 is 28.6 Å². The van der Waals surface area contributed by atoms with Crippen LogP contribution in [0.2, 0.25) is 0 Å². The van der Waals surface area contributed by atoms with Gasteiger partial charge >= 0.3 is 0 Å². The maximum absolute atomic E-state index is 10.6. The van der Waals surface area contributed by atoms with Gasteiger partial charge in [0.2, 0.25) is 5.95 Å². The van der Waals surface area contributed by atoms with Gasteiger partial charge in [-0.25, -0.2) is 15.0 Å². The highest BCUT2D eigenvalue weighted by Gasteiger charge is 2.06. The Hall–Kier alpha value is -2.78. The van der Waals surface area contributed by atoms with Gasteiger partial charge in [0.25, 0.3) is 0 Å². The summed E-state index contributed by atoms with van der Waals surface area (Å²) in [5, 5.41) is 3.07. The maximum Gasteiger partial charge on any atom is 0.227 e. The monoisotopic (exact) mass is 329 g/mol. The molecule has 2 aromatic heterocycles. The van der Waals surface area contributed by atoms with Crippen LogP contribution < -0.4 is 10.0 Å². The molecule has 118 valence electrons. The number of hydrogen-bond donors (Lipinski definition) is 2. The van der Waals surface area contributed by atoms with Crippen molar-refractivity contribution in [1.82, 2.24) is 19.5 Å². The number of nitrogens with zero attached hydrogens (tertiary/aromatic N) is 4. The van der Waals surface area contributed by atoms with Gasteiger partial charge in [-0.2, -0.15) is 0 Å². The van der Waals surface area contributed by atoms with Crippen molar-refractivity contribution in [2.75, 3.05) is 10.0 Å². The van der Waals surface area contributed by atoms with E-state index in [1.165, 1.54) is 0 Å². The van der Waals surface area contributed by atoms with E-state index in [1.54, 1.807) is 49.1 Å². The van der Waals surface area contributed by atoms with Crippen LogP contribution in [0.3, 0.4) is 0 Å². The van der Waals surface area contributed by atoms with Gasteiger partial charge in [0.15, 0.2) is 0 Å². The number of benzene rings is 1. The lowest BCUT2D eigenvalue weighted by Gasteiger charge is -2.10. The Morgan fingerprint density at radius 2 is 1.91 bits per heavy atom. The van der Waals surface area contributed by atoms with E-state index in [-0.39, 0.29) is 0 Å². The van der Waals surface area contributed by atoms with Crippen LogP contribution in [0.4, 0.5) is 17.3 Å². The van der Waals surface area contributed by atoms with Gasteiger partial charge < -0.3 is 19.2 Å². The van der Waals surface area contributed by atoms with Crippen LogP contribution in [0.5, 0.6) is 0 Å². The van der Waals surface area contributed by atoms with Crippen molar-refractivity contribution in [3.63, 3.8) is 0 Å². The van der Waals surface area contributed by atoms with Gasteiger partial charge in [-0.3, -0.25) is 4.21 Å². The first-order valence-corrected chi connectivity index (χ1v) is 7.72. The Balaban J connectivity index is 1.78. The highest BCUT2D eigenvalue weighted by Crippen LogP contribution is 2.20. The fourth-order valence-corrected chi connectivity index (χ4v) is 2.34. The molecule has 8 nitrogen and oxygen atoms in total. The van der Waals surface area contributed by atoms with Gasteiger partial charge in [-0.15, -0.1) is 0 Å². The van der Waals surface area contributed by atoms with E-state index in [0.717, 1.165) is 17.1 Å². The highest BCUT2D eigenvalue weighted by molar-refractivity contribution is 7.80. The molecule has 0 saturated carbocycles. The van der Waals surface area contributed by atoms with E-state index in [4.69, 9.17) is 0 Å². The zero-order valence-electron chi connectivity index (χ0n) is 12.1. The van der Waals surface area contributed by atoms with Crippen LogP contribution in [0.1, 0.15) is 0 Å². The summed E-state index contributed by atoms with van der Waals surface area (Å²) >= 11 is -2.34. The largest absolute Gasteiger partial charge is 0.755 e. The van der Waals surface area contributed by atoms with Crippen molar-refractivity contribution in [2.45, 2.75) is 0 Å². The van der Waals surface area contributed by atoms with Gasteiger partial charge in [-0.05, 0) is 30.3 Å². The Morgan fingerprint density at radius 3 is 2.57 bits per heavy atom. The topological polar surface area (TPSA) is 108 Å². The molecule has 3 rings (SSSR count). The molecule has 0 bridgehead atoms. The maximum atomic E-state index is 10.6. The molecule has 2 heterocycles. The summed E-state index contributed by atoms with van der Waals surface area (Å²) in [7, 11) is 1.89. The lowest BCUT2D eigenvalue weighted by molar-refractivity contribution is 0.542. The van der Waals surface area contributed by atoms with Crippen molar-refractivity contribution < 1.29 is 8.76 Å². The van der Waals surface area contributed by atoms with Gasteiger partial charge in [0, 0.05) is 35.9 Å². The Morgan fingerprint density at radius 1 is 1.17 bits per heavy atom. The SMILES string of the molecule is Cn1cncc1-c1ccnc(Nc2ccc(NS(=O)[O-])cc2)n1. The molecule has 9 heteroatoms. The third-order valence-corrected chi connectivity index (χ3v) is 3.48. The molecular formula is C14H13N6O2S-. The fraction of sp³-hybridized carbons (Fsp3) is 0.0714. The van der Waals surface area contributed by atoms with E-state index in [9.17, 15) is 8.76 Å². The van der Waals surface area contributed by atoms with E-state index >= 15 is 0 Å². The minimum absolute atomic E-state index is 0.441. The first-order valence-electron chi connectivity index (χ1n) is 6.64. The molecule has 1 atom stereocenters. The quantitative estimate of drug-likeness (QED) is 0.691. The van der Waals surface area contributed by atoms with Crippen LogP contribution >= 0.6 is 0 Å². The van der Waals surface area contributed by atoms with E-state index in [1.807, 2.05) is 11.6 Å². The number of nitrogens with one attached hydrogen (secondary N) is 2. The molecule has 23 heavy (non-hydrogen) atoms. The molecule has 0 aliphatic rings. The zero-order chi connectivity index (χ0) is 16.2. The second-order valence-electron chi connectivity index (χ2n) is 4.69. The summed E-state index contributed by atoms with van der Waals surface area (Å²) in [5.41, 5.74) is 2.86. The minimum Gasteiger partial charge on any atom is -0.755 e. The molecule has 0 radical (unpaired) electrons. The lowest BCUT2D eigenvalue weighted by Crippen LogP contribution is -2.02. The fourth-order valence-electron chi connectivity index (χ4n) is 2.01. The van der Waals surface area contributed by atoms with Crippen LogP contribution in [0.25, 0.3) is 11.4 Å². The molecule has 0 fully saturated rings. The third-order valence-electron chi connectivity index (χ3n) is 3.08. The molecule has 1 unspecified atom stereocenters. The number of aryl methyl sites for hydroxylation is 1. The van der Waals surface area contributed by atoms with Gasteiger partial charge in [0.05, 0.1) is 23.9 Å². The molecule has 0 saturated heterocycles. The minimum atomic E-state index is -2.34. The van der Waals surface area contributed by atoms with Gasteiger partial charge in [0.1, 0.15) is 0 Å². The van der Waals surface area contributed by atoms with Crippen molar-refractivity contribution in [3.05, 3.63) is 49.1 Å². The second-order valence-corrected chi connectivity index (χ2v) is 5.37. The predicted molar refractivity (Wildman–Crippen MR) is 86.5 cm³/mol. The molecule has 2 N–H and O–H groups in total. The smallest absolute Gasteiger partial charge is 0.227 e. The molecule has 0 aliphatic heterocycles. The van der Waals surface area contributed by atoms with Crippen LogP contribution in [-0.2, 0) is 18.3 Å². The second kappa shape index (κ2) is 6.55. The van der Waals surface area contributed by atoms with Gasteiger partial charge in [-0.1, -0.05) is 0 Å². The number of rotatable bonds is 5.